The van der Waals surface area contributed by atoms with Crippen molar-refractivity contribution < 1.29 is 19.2 Å². The molecule has 0 saturated carbocycles. The van der Waals surface area contributed by atoms with Crippen LogP contribution in [0, 0.1) is 5.41 Å². The topological polar surface area (TPSA) is 120 Å². The molecule has 0 aromatic heterocycles. The molecule has 0 aliphatic carbocycles. The number of carbonyl (C=O) groups is 4. The van der Waals surface area contributed by atoms with Crippen molar-refractivity contribution in [1.29, 1.82) is 0 Å². The molecule has 1 aliphatic rings. The Morgan fingerprint density at radius 3 is 2.07 bits per heavy atom. The van der Waals surface area contributed by atoms with Crippen LogP contribution in [-0.2, 0) is 19.2 Å². The summed E-state index contributed by atoms with van der Waals surface area (Å²) >= 11 is 0. The lowest BCUT2D eigenvalue weighted by atomic mass is 9.85. The quantitative estimate of drug-likeness (QED) is 0.461. The lowest BCUT2D eigenvalue weighted by Crippen LogP contribution is -2.59. The van der Waals surface area contributed by atoms with Gasteiger partial charge in [0.1, 0.15) is 12.1 Å². The fraction of sp³-hybridized carbons (Fsp3) is 0.800. The Kier molecular flexibility index (Phi) is 8.62. The third-order valence-electron chi connectivity index (χ3n) is 4.95. The highest BCUT2D eigenvalue weighted by Gasteiger charge is 2.45. The highest BCUT2D eigenvalue weighted by atomic mass is 16.2. The molecular formula is C20H37N5O4. The van der Waals surface area contributed by atoms with Crippen molar-refractivity contribution in [3.05, 3.63) is 0 Å². The smallest absolute Gasteiger partial charge is 0.246 e. The van der Waals surface area contributed by atoms with Gasteiger partial charge in [0.15, 0.2) is 0 Å². The molecule has 9 heteroatoms. The predicted molar refractivity (Wildman–Crippen MR) is 111 cm³/mol. The highest BCUT2D eigenvalue weighted by Crippen LogP contribution is 2.26. The normalized spacial score (nSPS) is 21.5. The number of rotatable bonds is 7. The van der Waals surface area contributed by atoms with Gasteiger partial charge in [0, 0.05) is 25.6 Å². The number of amides is 4. The molecule has 166 valence electrons. The van der Waals surface area contributed by atoms with E-state index in [0.717, 1.165) is 0 Å². The van der Waals surface area contributed by atoms with Crippen LogP contribution in [0.25, 0.3) is 0 Å². The summed E-state index contributed by atoms with van der Waals surface area (Å²) < 4.78 is 0. The van der Waals surface area contributed by atoms with Gasteiger partial charge in [0.2, 0.25) is 23.6 Å². The zero-order valence-corrected chi connectivity index (χ0v) is 18.9. The van der Waals surface area contributed by atoms with Crippen molar-refractivity contribution in [1.82, 2.24) is 26.2 Å². The van der Waals surface area contributed by atoms with Gasteiger partial charge in [-0.25, -0.2) is 0 Å². The number of hydrogen-bond acceptors (Lipinski definition) is 5. The second-order valence-electron chi connectivity index (χ2n) is 9.12. The molecule has 1 aliphatic heterocycles. The fourth-order valence-electron chi connectivity index (χ4n) is 3.31. The van der Waals surface area contributed by atoms with E-state index in [4.69, 9.17) is 0 Å². The van der Waals surface area contributed by atoms with Gasteiger partial charge in [-0.05, 0) is 39.7 Å². The molecule has 0 radical (unpaired) electrons. The van der Waals surface area contributed by atoms with Crippen molar-refractivity contribution in [3.8, 4) is 0 Å². The number of nitrogens with one attached hydrogen (secondary N) is 4. The zero-order valence-electron chi connectivity index (χ0n) is 18.9. The van der Waals surface area contributed by atoms with E-state index in [9.17, 15) is 19.2 Å². The molecule has 0 aromatic rings. The number of carbonyl (C=O) groups excluding carboxylic acids is 4. The van der Waals surface area contributed by atoms with E-state index in [1.165, 1.54) is 11.8 Å². The Labute approximate surface area is 173 Å². The Hall–Kier alpha value is -2.16. The average molecular weight is 412 g/mol. The van der Waals surface area contributed by atoms with Gasteiger partial charge < -0.3 is 26.2 Å². The number of hydrogen-bond donors (Lipinski definition) is 4. The highest BCUT2D eigenvalue weighted by molar-refractivity contribution is 5.94. The van der Waals surface area contributed by atoms with Crippen LogP contribution in [-0.4, -0.2) is 72.3 Å². The van der Waals surface area contributed by atoms with Crippen LogP contribution in [0.5, 0.6) is 0 Å². The van der Waals surface area contributed by atoms with Gasteiger partial charge >= 0.3 is 0 Å². The fourth-order valence-corrected chi connectivity index (χ4v) is 3.31. The van der Waals surface area contributed by atoms with Crippen LogP contribution in [0.15, 0.2) is 0 Å². The molecule has 9 nitrogen and oxygen atoms in total. The first kappa shape index (κ1) is 24.9. The van der Waals surface area contributed by atoms with Gasteiger partial charge in [-0.1, -0.05) is 20.8 Å². The summed E-state index contributed by atoms with van der Waals surface area (Å²) in [4.78, 5) is 51.6. The second-order valence-corrected chi connectivity index (χ2v) is 9.12. The molecule has 1 saturated heterocycles. The summed E-state index contributed by atoms with van der Waals surface area (Å²) in [5.74, 6) is -1.09. The summed E-state index contributed by atoms with van der Waals surface area (Å²) in [7, 11) is 1.67. The van der Waals surface area contributed by atoms with Crippen molar-refractivity contribution in [2.75, 3.05) is 13.6 Å². The Morgan fingerprint density at radius 1 is 1.03 bits per heavy atom. The summed E-state index contributed by atoms with van der Waals surface area (Å²) in [5.41, 5.74) is -0.564. The zero-order chi connectivity index (χ0) is 22.5. The van der Waals surface area contributed by atoms with Crippen LogP contribution < -0.4 is 21.3 Å². The van der Waals surface area contributed by atoms with Crippen LogP contribution in [0.1, 0.15) is 54.9 Å². The van der Waals surface area contributed by atoms with Gasteiger partial charge in [-0.2, -0.15) is 0 Å². The first-order chi connectivity index (χ1) is 13.3. The van der Waals surface area contributed by atoms with Crippen LogP contribution in [0.2, 0.25) is 0 Å². The first-order valence-electron chi connectivity index (χ1n) is 10.1. The van der Waals surface area contributed by atoms with Gasteiger partial charge in [0.05, 0.1) is 6.04 Å². The number of likely N-dealkylation sites (tertiary alicyclic amines) is 1. The minimum atomic E-state index is -0.809. The van der Waals surface area contributed by atoms with Crippen LogP contribution in [0.3, 0.4) is 0 Å². The molecular weight excluding hydrogens is 374 g/mol. The van der Waals surface area contributed by atoms with Crippen molar-refractivity contribution in [3.63, 3.8) is 0 Å². The molecule has 4 amide bonds. The minimum Gasteiger partial charge on any atom is -0.352 e. The van der Waals surface area contributed by atoms with Gasteiger partial charge in [0.25, 0.3) is 0 Å². The SMILES string of the molecule is CN[C@@H](C)C(=O)N[C@H](C(=O)N1C[C@@H](NC(C)=O)C[C@H]1C(=O)NC(C)C)C(C)(C)C. The molecule has 29 heavy (non-hydrogen) atoms. The lowest BCUT2D eigenvalue weighted by molar-refractivity contribution is -0.144. The van der Waals surface area contributed by atoms with Crippen molar-refractivity contribution in [2.45, 2.75) is 85.1 Å². The second kappa shape index (κ2) is 10.0. The summed E-state index contributed by atoms with van der Waals surface area (Å²) in [6.07, 6.45) is 0.335. The van der Waals surface area contributed by atoms with Crippen LogP contribution >= 0.6 is 0 Å². The summed E-state index contributed by atoms with van der Waals surface area (Å²) in [6, 6.07) is -2.36. The van der Waals surface area contributed by atoms with E-state index in [1.807, 2.05) is 34.6 Å². The predicted octanol–water partition coefficient (Wildman–Crippen LogP) is -0.245. The summed E-state index contributed by atoms with van der Waals surface area (Å²) in [6.45, 7) is 12.6. The number of nitrogens with zero attached hydrogens (tertiary/aromatic N) is 1. The standard InChI is InChI=1S/C20H37N5O4/c1-11(2)22-18(28)15-9-14(23-13(4)26)10-25(15)19(29)16(20(5,6)7)24-17(27)12(3)21-8/h11-12,14-16,21H,9-10H2,1-8H3,(H,22,28)(H,23,26)(H,24,27)/t12-,14-,15-,16+/m0/s1. The first-order valence-corrected chi connectivity index (χ1v) is 10.1. The molecule has 0 aromatic carbocycles. The third-order valence-corrected chi connectivity index (χ3v) is 4.95. The van der Waals surface area contributed by atoms with E-state index < -0.39 is 23.5 Å². The molecule has 0 spiro atoms. The van der Waals surface area contributed by atoms with Crippen LogP contribution in [0.4, 0.5) is 0 Å². The monoisotopic (exact) mass is 411 g/mol. The third kappa shape index (κ3) is 6.99. The minimum absolute atomic E-state index is 0.0751. The van der Waals surface area contributed by atoms with E-state index in [-0.39, 0.29) is 42.3 Å². The largest absolute Gasteiger partial charge is 0.352 e. The lowest BCUT2D eigenvalue weighted by Gasteiger charge is -2.36. The van der Waals surface area contributed by atoms with E-state index >= 15 is 0 Å². The molecule has 0 bridgehead atoms. The Balaban J connectivity index is 3.15. The van der Waals surface area contributed by atoms with Crippen molar-refractivity contribution in [2.24, 2.45) is 5.41 Å². The van der Waals surface area contributed by atoms with Gasteiger partial charge in [-0.3, -0.25) is 19.2 Å². The maximum Gasteiger partial charge on any atom is 0.246 e. The molecule has 0 unspecified atom stereocenters. The van der Waals surface area contributed by atoms with E-state index in [1.54, 1.807) is 14.0 Å². The van der Waals surface area contributed by atoms with E-state index in [0.29, 0.717) is 6.42 Å². The van der Waals surface area contributed by atoms with Gasteiger partial charge in [-0.15, -0.1) is 0 Å². The Bertz CT molecular complexity index is 629. The van der Waals surface area contributed by atoms with E-state index in [2.05, 4.69) is 21.3 Å². The maximum absolute atomic E-state index is 13.5. The Morgan fingerprint density at radius 2 is 1.62 bits per heavy atom. The average Bonchev–Trinajstić information content (AvgIpc) is 2.99. The summed E-state index contributed by atoms with van der Waals surface area (Å²) in [5, 5.41) is 11.3. The maximum atomic E-state index is 13.5. The molecule has 4 atom stereocenters. The molecule has 4 N–H and O–H groups in total. The molecule has 1 fully saturated rings. The molecule has 1 heterocycles. The molecule has 1 rings (SSSR count). The number of likely N-dealkylation sites (N-methyl/N-ethyl adjacent to an activating group) is 1. The van der Waals surface area contributed by atoms with Crippen molar-refractivity contribution >= 4 is 23.6 Å².